The Kier molecular flexibility index (Phi) is 4.85. The van der Waals surface area contributed by atoms with Gasteiger partial charge in [0, 0.05) is 0 Å². The number of methoxy groups -OCH3 is 1. The van der Waals surface area contributed by atoms with Crippen molar-refractivity contribution >= 4 is 5.97 Å². The number of allylic oxidation sites excluding steroid dienone is 1. The van der Waals surface area contributed by atoms with Crippen molar-refractivity contribution in [3.05, 3.63) is 11.6 Å². The third kappa shape index (κ3) is 3.92. The van der Waals surface area contributed by atoms with Crippen molar-refractivity contribution in [3.63, 3.8) is 0 Å². The molecule has 0 heterocycles. The van der Waals surface area contributed by atoms with Crippen molar-refractivity contribution < 1.29 is 14.0 Å². The summed E-state index contributed by atoms with van der Waals surface area (Å²) in [6.07, 6.45) is 2.14. The van der Waals surface area contributed by atoms with Gasteiger partial charge < -0.3 is 9.22 Å². The van der Waals surface area contributed by atoms with E-state index >= 15 is 0 Å². The van der Waals surface area contributed by atoms with Gasteiger partial charge in [0.05, 0.1) is 27.7 Å². The summed E-state index contributed by atoms with van der Waals surface area (Å²) in [5.41, 5.74) is 1.27. The van der Waals surface area contributed by atoms with E-state index in [4.69, 9.17) is 4.74 Å². The summed E-state index contributed by atoms with van der Waals surface area (Å²) in [6, 6.07) is -0.129. The zero-order valence-electron chi connectivity index (χ0n) is 10.1. The first-order valence-electron chi connectivity index (χ1n) is 4.85. The highest BCUT2D eigenvalue weighted by atomic mass is 16.5. The maximum absolute atomic E-state index is 11.3. The van der Waals surface area contributed by atoms with Crippen LogP contribution in [0.1, 0.15) is 20.8 Å². The molecule has 1 atom stereocenters. The molecule has 0 radical (unpaired) electrons. The number of ether oxygens (including phenoxy) is 1. The van der Waals surface area contributed by atoms with E-state index < -0.39 is 0 Å². The lowest BCUT2D eigenvalue weighted by Gasteiger charge is -2.33. The number of carbonyl (C=O) groups excluding carboxylic acids is 1. The van der Waals surface area contributed by atoms with E-state index in [1.54, 1.807) is 0 Å². The van der Waals surface area contributed by atoms with Gasteiger partial charge in [0.25, 0.3) is 0 Å². The van der Waals surface area contributed by atoms with Crippen molar-refractivity contribution in [1.82, 2.24) is 0 Å². The third-order valence-corrected chi connectivity index (χ3v) is 2.56. The van der Waals surface area contributed by atoms with Gasteiger partial charge in [0.1, 0.15) is 0 Å². The molecule has 1 unspecified atom stereocenters. The molecular weight excluding hydrogens is 178 g/mol. The number of quaternary nitrogens is 1. The molecule has 3 heteroatoms. The molecule has 0 aromatic rings. The number of carbonyl (C=O) groups is 1. The lowest BCUT2D eigenvalue weighted by atomic mass is 10.2. The molecule has 0 N–H and O–H groups in total. The number of nitrogens with zero attached hydrogens (tertiary/aromatic N) is 1. The fourth-order valence-corrected chi connectivity index (χ4v) is 1.03. The second-order valence-corrected chi connectivity index (χ2v) is 4.44. The number of hydrogen-bond donors (Lipinski definition) is 0. The zero-order valence-corrected chi connectivity index (χ0v) is 10.1. The number of hydrogen-bond acceptors (Lipinski definition) is 2. The average molecular weight is 200 g/mol. The van der Waals surface area contributed by atoms with Crippen LogP contribution in [-0.4, -0.2) is 44.2 Å². The Labute approximate surface area is 86.9 Å². The minimum atomic E-state index is -0.155. The summed E-state index contributed by atoms with van der Waals surface area (Å²) in [6.45, 7) is 6.86. The summed E-state index contributed by atoms with van der Waals surface area (Å²) in [7, 11) is 5.49. The van der Waals surface area contributed by atoms with E-state index in [-0.39, 0.29) is 12.0 Å². The van der Waals surface area contributed by atoms with Crippen LogP contribution in [0.25, 0.3) is 0 Å². The van der Waals surface area contributed by atoms with Crippen LogP contribution in [0.15, 0.2) is 11.6 Å². The van der Waals surface area contributed by atoms with Crippen LogP contribution in [0.4, 0.5) is 0 Å². The molecule has 0 aliphatic rings. The maximum Gasteiger partial charge on any atom is 0.364 e. The van der Waals surface area contributed by atoms with Crippen molar-refractivity contribution in [2.75, 3.05) is 27.7 Å². The third-order valence-electron chi connectivity index (χ3n) is 2.56. The predicted octanol–water partition coefficient (Wildman–Crippen LogP) is 1.59. The highest BCUT2D eigenvalue weighted by molar-refractivity contribution is 5.73. The van der Waals surface area contributed by atoms with Crippen molar-refractivity contribution in [2.45, 2.75) is 26.8 Å². The SMILES string of the molecule is COC(=O)C(C)[N+](C)(C)CC=C(C)C. The second-order valence-electron chi connectivity index (χ2n) is 4.44. The maximum atomic E-state index is 11.3. The van der Waals surface area contributed by atoms with Gasteiger partial charge in [0.2, 0.25) is 0 Å². The van der Waals surface area contributed by atoms with Crippen molar-refractivity contribution in [2.24, 2.45) is 0 Å². The van der Waals surface area contributed by atoms with Gasteiger partial charge in [-0.1, -0.05) is 5.57 Å². The molecule has 0 amide bonds. The highest BCUT2D eigenvalue weighted by Crippen LogP contribution is 2.09. The van der Waals surface area contributed by atoms with Crippen molar-refractivity contribution in [3.8, 4) is 0 Å². The topological polar surface area (TPSA) is 26.3 Å². The number of likely N-dealkylation sites (N-methyl/N-ethyl adjacent to an activating group) is 1. The molecule has 0 aliphatic carbocycles. The average Bonchev–Trinajstić information content (AvgIpc) is 2.12. The first-order valence-corrected chi connectivity index (χ1v) is 4.85. The minimum Gasteiger partial charge on any atom is -0.465 e. The number of rotatable bonds is 4. The molecule has 0 aromatic heterocycles. The van der Waals surface area contributed by atoms with Crippen molar-refractivity contribution in [1.29, 1.82) is 0 Å². The first kappa shape index (κ1) is 13.2. The summed E-state index contributed by atoms with van der Waals surface area (Å²) in [5.74, 6) is -0.155. The highest BCUT2D eigenvalue weighted by Gasteiger charge is 2.30. The van der Waals surface area contributed by atoms with Gasteiger partial charge in [-0.2, -0.15) is 0 Å². The van der Waals surface area contributed by atoms with Crippen LogP contribution in [-0.2, 0) is 9.53 Å². The molecular formula is C11H22NO2+. The Hall–Kier alpha value is -0.830. The van der Waals surface area contributed by atoms with E-state index in [0.717, 1.165) is 6.54 Å². The van der Waals surface area contributed by atoms with Crippen LogP contribution in [0.3, 0.4) is 0 Å². The summed E-state index contributed by atoms with van der Waals surface area (Å²) in [4.78, 5) is 11.3. The Balaban J connectivity index is 4.45. The standard InChI is InChI=1S/C11H22NO2/c1-9(2)7-8-12(4,5)10(3)11(13)14-6/h7,10H,8H2,1-6H3/q+1. The lowest BCUT2D eigenvalue weighted by molar-refractivity contribution is -0.899. The largest absolute Gasteiger partial charge is 0.465 e. The van der Waals surface area contributed by atoms with Gasteiger partial charge >= 0.3 is 5.97 Å². The van der Waals surface area contributed by atoms with Gasteiger partial charge in [-0.25, -0.2) is 4.79 Å². The summed E-state index contributed by atoms with van der Waals surface area (Å²) >= 11 is 0. The molecule has 3 nitrogen and oxygen atoms in total. The second kappa shape index (κ2) is 5.15. The molecule has 0 spiro atoms. The lowest BCUT2D eigenvalue weighted by Crippen LogP contribution is -2.51. The fraction of sp³-hybridized carbons (Fsp3) is 0.727. The Bertz CT molecular complexity index is 227. The number of esters is 1. The molecule has 0 aromatic carbocycles. The van der Waals surface area contributed by atoms with E-state index in [0.29, 0.717) is 4.48 Å². The molecule has 0 saturated carbocycles. The van der Waals surface area contributed by atoms with E-state index in [1.807, 2.05) is 21.0 Å². The van der Waals surface area contributed by atoms with Gasteiger partial charge in [-0.05, 0) is 26.8 Å². The van der Waals surface area contributed by atoms with Gasteiger partial charge in [-0.15, -0.1) is 0 Å². The molecule has 82 valence electrons. The smallest absolute Gasteiger partial charge is 0.364 e. The minimum absolute atomic E-state index is 0.129. The van der Waals surface area contributed by atoms with Crippen LogP contribution < -0.4 is 0 Å². The Morgan fingerprint density at radius 1 is 1.43 bits per heavy atom. The summed E-state index contributed by atoms with van der Waals surface area (Å²) < 4.78 is 5.35. The summed E-state index contributed by atoms with van der Waals surface area (Å²) in [5, 5.41) is 0. The quantitative estimate of drug-likeness (QED) is 0.391. The molecule has 0 saturated heterocycles. The fourth-order valence-electron chi connectivity index (χ4n) is 1.03. The van der Waals surface area contributed by atoms with Crippen LogP contribution in [0.5, 0.6) is 0 Å². The molecule has 0 rings (SSSR count). The normalized spacial score (nSPS) is 13.3. The first-order chi connectivity index (χ1) is 6.31. The monoisotopic (exact) mass is 200 g/mol. The molecule has 0 bridgehead atoms. The van der Waals surface area contributed by atoms with Gasteiger partial charge in [-0.3, -0.25) is 0 Å². The molecule has 14 heavy (non-hydrogen) atoms. The van der Waals surface area contributed by atoms with Crippen LogP contribution in [0.2, 0.25) is 0 Å². The predicted molar refractivity (Wildman–Crippen MR) is 57.9 cm³/mol. The van der Waals surface area contributed by atoms with E-state index in [1.165, 1.54) is 12.7 Å². The van der Waals surface area contributed by atoms with E-state index in [2.05, 4.69) is 19.9 Å². The Morgan fingerprint density at radius 3 is 2.29 bits per heavy atom. The molecule has 0 aliphatic heterocycles. The Morgan fingerprint density at radius 2 is 1.93 bits per heavy atom. The molecule has 0 fully saturated rings. The van der Waals surface area contributed by atoms with Gasteiger partial charge in [0.15, 0.2) is 6.04 Å². The van der Waals surface area contributed by atoms with Crippen LogP contribution in [0, 0.1) is 0 Å². The van der Waals surface area contributed by atoms with E-state index in [9.17, 15) is 4.79 Å². The zero-order chi connectivity index (χ0) is 11.4. The van der Waals surface area contributed by atoms with Crippen LogP contribution >= 0.6 is 0 Å².